The molecule has 3 aliphatic rings. The predicted octanol–water partition coefficient (Wildman–Crippen LogP) is 2.64. The Hall–Kier alpha value is -1.14. The zero-order valence-corrected chi connectivity index (χ0v) is 18.6. The number of aliphatic hydroxyl groups excluding tert-OH is 1. The fourth-order valence-electron chi connectivity index (χ4n) is 6.47. The Morgan fingerprint density at radius 2 is 1.79 bits per heavy atom. The summed E-state index contributed by atoms with van der Waals surface area (Å²) in [5, 5.41) is 17.7. The van der Waals surface area contributed by atoms with Gasteiger partial charge in [0.05, 0.1) is 6.10 Å². The molecule has 0 bridgehead atoms. The molecule has 6 heteroatoms. The quantitative estimate of drug-likeness (QED) is 0.630. The summed E-state index contributed by atoms with van der Waals surface area (Å²) < 4.78 is 4.95. The number of fused-ring (bicyclic) bond motifs is 1. The van der Waals surface area contributed by atoms with Crippen molar-refractivity contribution in [3.63, 3.8) is 0 Å². The van der Waals surface area contributed by atoms with Gasteiger partial charge in [-0.05, 0) is 61.7 Å². The third-order valence-corrected chi connectivity index (χ3v) is 8.27. The molecular weight excluding hydrogens is 368 g/mol. The molecule has 0 radical (unpaired) electrons. The number of hydrogen-bond donors (Lipinski definition) is 3. The third kappa shape index (κ3) is 4.79. The van der Waals surface area contributed by atoms with Gasteiger partial charge < -0.3 is 20.5 Å². The standard InChI is InChI=1S/C23H40N2O4/c1-14(22(28)24-16-7-5-6-8-16)17-9-11-23(3)12-10-18(25-19(26)13-29-4)15(2)20(23)21(17)27/h14-18,20-21,27H,5-13H2,1-4H3,(H,24,28)(H,25,26)/t14-,15+,17-,18-,20+,21-,23-/m0/s1. The molecule has 0 aromatic rings. The monoisotopic (exact) mass is 408 g/mol. The normalized spacial score (nSPS) is 38.9. The predicted molar refractivity (Wildman–Crippen MR) is 112 cm³/mol. The Morgan fingerprint density at radius 3 is 2.45 bits per heavy atom. The van der Waals surface area contributed by atoms with Gasteiger partial charge in [0.2, 0.25) is 11.8 Å². The number of carbonyl (C=O) groups is 2. The molecule has 0 heterocycles. The second-order valence-electron chi connectivity index (χ2n) is 10.2. The lowest BCUT2D eigenvalue weighted by Gasteiger charge is -2.56. The third-order valence-electron chi connectivity index (χ3n) is 8.27. The summed E-state index contributed by atoms with van der Waals surface area (Å²) in [6.45, 7) is 6.47. The fourth-order valence-corrected chi connectivity index (χ4v) is 6.47. The van der Waals surface area contributed by atoms with Crippen LogP contribution in [0.25, 0.3) is 0 Å². The number of aliphatic hydroxyl groups is 1. The van der Waals surface area contributed by atoms with Gasteiger partial charge >= 0.3 is 0 Å². The van der Waals surface area contributed by atoms with Gasteiger partial charge in [-0.3, -0.25) is 9.59 Å². The zero-order valence-electron chi connectivity index (χ0n) is 18.6. The van der Waals surface area contributed by atoms with E-state index in [1.165, 1.54) is 20.0 Å². The SMILES string of the molecule is COCC(=O)N[C@H]1CC[C@]2(C)CC[C@@H]([C@H](C)C(=O)NC3CCCC3)[C@H](O)[C@H]2[C@@H]1C. The van der Waals surface area contributed by atoms with Crippen LogP contribution in [0.15, 0.2) is 0 Å². The average molecular weight is 409 g/mol. The largest absolute Gasteiger partial charge is 0.392 e. The van der Waals surface area contributed by atoms with Gasteiger partial charge in [0.25, 0.3) is 0 Å². The van der Waals surface area contributed by atoms with Crippen molar-refractivity contribution in [2.75, 3.05) is 13.7 Å². The summed E-state index contributed by atoms with van der Waals surface area (Å²) in [5.74, 6) is 0.0373. The molecule has 0 aromatic heterocycles. The van der Waals surface area contributed by atoms with E-state index in [-0.39, 0.29) is 53.5 Å². The molecule has 3 fully saturated rings. The maximum Gasteiger partial charge on any atom is 0.246 e. The van der Waals surface area contributed by atoms with Crippen molar-refractivity contribution >= 4 is 11.8 Å². The number of ether oxygens (including phenoxy) is 1. The van der Waals surface area contributed by atoms with Crippen LogP contribution in [0.4, 0.5) is 0 Å². The van der Waals surface area contributed by atoms with Gasteiger partial charge in [0.15, 0.2) is 0 Å². The number of nitrogens with one attached hydrogen (secondary N) is 2. The number of methoxy groups -OCH3 is 1. The summed E-state index contributed by atoms with van der Waals surface area (Å²) >= 11 is 0. The van der Waals surface area contributed by atoms with E-state index in [0.717, 1.165) is 38.5 Å². The number of amides is 2. The second-order valence-corrected chi connectivity index (χ2v) is 10.2. The van der Waals surface area contributed by atoms with Crippen molar-refractivity contribution in [2.24, 2.45) is 29.1 Å². The van der Waals surface area contributed by atoms with Gasteiger partial charge in [-0.25, -0.2) is 0 Å². The fraction of sp³-hybridized carbons (Fsp3) is 0.913. The average Bonchev–Trinajstić information content (AvgIpc) is 3.17. The summed E-state index contributed by atoms with van der Waals surface area (Å²) in [7, 11) is 1.52. The lowest BCUT2D eigenvalue weighted by molar-refractivity contribution is -0.144. The molecule has 0 saturated heterocycles. The first-order valence-corrected chi connectivity index (χ1v) is 11.5. The summed E-state index contributed by atoms with van der Waals surface area (Å²) in [6.07, 6.45) is 7.86. The van der Waals surface area contributed by atoms with Crippen LogP contribution in [0.5, 0.6) is 0 Å². The molecule has 6 nitrogen and oxygen atoms in total. The van der Waals surface area contributed by atoms with Crippen molar-refractivity contribution < 1.29 is 19.4 Å². The zero-order chi connectivity index (χ0) is 21.2. The minimum atomic E-state index is -0.518. The van der Waals surface area contributed by atoms with E-state index >= 15 is 0 Å². The van der Waals surface area contributed by atoms with Gasteiger partial charge in [-0.15, -0.1) is 0 Å². The Bertz CT molecular complexity index is 591. The second kappa shape index (κ2) is 9.34. The first kappa shape index (κ1) is 22.5. The van der Waals surface area contributed by atoms with Crippen molar-refractivity contribution in [1.82, 2.24) is 10.6 Å². The summed E-state index contributed by atoms with van der Waals surface area (Å²) in [6, 6.07) is 0.358. The molecule has 7 atom stereocenters. The first-order valence-electron chi connectivity index (χ1n) is 11.5. The van der Waals surface area contributed by atoms with E-state index in [4.69, 9.17) is 4.74 Å². The maximum absolute atomic E-state index is 12.9. The van der Waals surface area contributed by atoms with Crippen LogP contribution in [0.2, 0.25) is 0 Å². The van der Waals surface area contributed by atoms with Crippen LogP contribution < -0.4 is 10.6 Å². The van der Waals surface area contributed by atoms with Crippen molar-refractivity contribution in [1.29, 1.82) is 0 Å². The van der Waals surface area contributed by atoms with E-state index in [9.17, 15) is 14.7 Å². The smallest absolute Gasteiger partial charge is 0.246 e. The van der Waals surface area contributed by atoms with Crippen LogP contribution in [0.1, 0.15) is 72.1 Å². The highest BCUT2D eigenvalue weighted by molar-refractivity contribution is 5.79. The van der Waals surface area contributed by atoms with Crippen molar-refractivity contribution in [3.05, 3.63) is 0 Å². The highest BCUT2D eigenvalue weighted by atomic mass is 16.5. The number of carbonyl (C=O) groups excluding carboxylic acids is 2. The first-order chi connectivity index (χ1) is 13.8. The van der Waals surface area contributed by atoms with Gasteiger partial charge in [0.1, 0.15) is 6.61 Å². The molecule has 3 N–H and O–H groups in total. The van der Waals surface area contributed by atoms with Crippen molar-refractivity contribution in [2.45, 2.75) is 90.3 Å². The highest BCUT2D eigenvalue weighted by Gasteiger charge is 2.53. The topological polar surface area (TPSA) is 87.7 Å². The summed E-state index contributed by atoms with van der Waals surface area (Å²) in [4.78, 5) is 24.9. The summed E-state index contributed by atoms with van der Waals surface area (Å²) in [5.41, 5.74) is 0.0689. The molecule has 29 heavy (non-hydrogen) atoms. The van der Waals surface area contributed by atoms with E-state index in [1.54, 1.807) is 0 Å². The van der Waals surface area contributed by atoms with Gasteiger partial charge in [0, 0.05) is 25.1 Å². The highest BCUT2D eigenvalue weighted by Crippen LogP contribution is 2.55. The molecule has 2 amide bonds. The van der Waals surface area contributed by atoms with E-state index in [0.29, 0.717) is 6.04 Å². The molecule has 166 valence electrons. The Labute approximate surface area is 175 Å². The van der Waals surface area contributed by atoms with Crippen LogP contribution in [0, 0.1) is 29.1 Å². The van der Waals surface area contributed by atoms with Crippen LogP contribution in [-0.4, -0.2) is 48.8 Å². The number of hydrogen-bond acceptors (Lipinski definition) is 4. The van der Waals surface area contributed by atoms with E-state index in [1.807, 2.05) is 6.92 Å². The van der Waals surface area contributed by atoms with E-state index < -0.39 is 6.10 Å². The molecule has 0 spiro atoms. The molecular formula is C23H40N2O4. The molecule has 3 aliphatic carbocycles. The number of rotatable bonds is 6. The molecule has 3 rings (SSSR count). The van der Waals surface area contributed by atoms with Crippen LogP contribution >= 0.6 is 0 Å². The van der Waals surface area contributed by atoms with Crippen LogP contribution in [0.3, 0.4) is 0 Å². The molecule has 3 saturated carbocycles. The Balaban J connectivity index is 1.68. The lowest BCUT2D eigenvalue weighted by Crippen LogP contribution is -2.59. The van der Waals surface area contributed by atoms with E-state index in [2.05, 4.69) is 24.5 Å². The minimum Gasteiger partial charge on any atom is -0.392 e. The lowest BCUT2D eigenvalue weighted by atomic mass is 9.51. The van der Waals surface area contributed by atoms with Crippen LogP contribution in [-0.2, 0) is 14.3 Å². The molecule has 0 aliphatic heterocycles. The molecule has 0 unspecified atom stereocenters. The minimum absolute atomic E-state index is 0.0228. The van der Waals surface area contributed by atoms with Crippen molar-refractivity contribution in [3.8, 4) is 0 Å². The Morgan fingerprint density at radius 1 is 1.14 bits per heavy atom. The Kier molecular flexibility index (Phi) is 7.26. The molecule has 0 aromatic carbocycles. The van der Waals surface area contributed by atoms with Gasteiger partial charge in [-0.2, -0.15) is 0 Å². The maximum atomic E-state index is 12.9. The van der Waals surface area contributed by atoms with Gasteiger partial charge in [-0.1, -0.05) is 33.6 Å².